The maximum Gasteiger partial charge on any atom is 0.252 e. The summed E-state index contributed by atoms with van der Waals surface area (Å²) in [5, 5.41) is 12.6. The number of aryl methyl sites for hydroxylation is 1. The second-order valence-corrected chi connectivity index (χ2v) is 5.66. The zero-order chi connectivity index (χ0) is 15.0. The van der Waals surface area contributed by atoms with E-state index in [1.165, 1.54) is 0 Å². The molecule has 21 heavy (non-hydrogen) atoms. The molecule has 1 amide bonds. The first kappa shape index (κ1) is 13.8. The van der Waals surface area contributed by atoms with Crippen LogP contribution in [0.1, 0.15) is 37.2 Å². The van der Waals surface area contributed by atoms with E-state index in [-0.39, 0.29) is 11.9 Å². The minimum absolute atomic E-state index is 0.125. The maximum atomic E-state index is 11.8. The molecule has 0 radical (unpaired) electrons. The Bertz CT molecular complexity index is 656. The van der Waals surface area contributed by atoms with Crippen molar-refractivity contribution >= 4 is 5.91 Å². The summed E-state index contributed by atoms with van der Waals surface area (Å²) in [5.41, 5.74) is 0.921. The van der Waals surface area contributed by atoms with Crippen molar-refractivity contribution in [3.63, 3.8) is 0 Å². The zero-order valence-corrected chi connectivity index (χ0v) is 12.2. The van der Waals surface area contributed by atoms with Crippen molar-refractivity contribution in [1.82, 2.24) is 14.9 Å². The van der Waals surface area contributed by atoms with Crippen molar-refractivity contribution in [2.24, 2.45) is 0 Å². The second-order valence-electron chi connectivity index (χ2n) is 5.66. The lowest BCUT2D eigenvalue weighted by molar-refractivity contribution is -0.132. The van der Waals surface area contributed by atoms with Gasteiger partial charge in [-0.2, -0.15) is 0 Å². The summed E-state index contributed by atoms with van der Waals surface area (Å²) in [6.07, 6.45) is 4.80. The fraction of sp³-hybridized carbons (Fsp3) is 0.375. The number of rotatable bonds is 4. The number of nitrogens with zero attached hydrogens (tertiary/aromatic N) is 2. The molecule has 1 atom stereocenters. The highest BCUT2D eigenvalue weighted by atomic mass is 16.3. The monoisotopic (exact) mass is 285 g/mol. The van der Waals surface area contributed by atoms with E-state index in [0.29, 0.717) is 12.8 Å². The molecule has 2 aromatic rings. The van der Waals surface area contributed by atoms with Gasteiger partial charge in [0.1, 0.15) is 11.4 Å². The van der Waals surface area contributed by atoms with Gasteiger partial charge in [-0.15, -0.1) is 0 Å². The minimum atomic E-state index is -1.12. The summed E-state index contributed by atoms with van der Waals surface area (Å²) in [6.45, 7) is 3.87. The lowest BCUT2D eigenvalue weighted by Crippen LogP contribution is -2.37. The first-order chi connectivity index (χ1) is 9.99. The molecule has 1 aliphatic rings. The van der Waals surface area contributed by atoms with Gasteiger partial charge in [0.15, 0.2) is 0 Å². The molecule has 1 aliphatic carbocycles. The Kier molecular flexibility index (Phi) is 3.29. The highest BCUT2D eigenvalue weighted by Gasteiger charge is 2.48. The van der Waals surface area contributed by atoms with E-state index in [9.17, 15) is 9.90 Å². The lowest BCUT2D eigenvalue weighted by atomic mass is 10.1. The van der Waals surface area contributed by atoms with Crippen molar-refractivity contribution in [2.75, 3.05) is 0 Å². The van der Waals surface area contributed by atoms with Crippen LogP contribution in [0.3, 0.4) is 0 Å². The smallest absolute Gasteiger partial charge is 0.252 e. The number of aliphatic hydroxyl groups is 1. The molecule has 0 saturated heterocycles. The Morgan fingerprint density at radius 3 is 2.57 bits per heavy atom. The molecule has 5 heteroatoms. The molecule has 1 saturated carbocycles. The molecule has 0 aliphatic heterocycles. The minimum Gasteiger partial charge on any atom is -0.380 e. The van der Waals surface area contributed by atoms with Crippen LogP contribution in [-0.2, 0) is 4.79 Å². The van der Waals surface area contributed by atoms with Crippen LogP contribution in [0, 0.1) is 6.92 Å². The Balaban J connectivity index is 1.72. The summed E-state index contributed by atoms with van der Waals surface area (Å²) < 4.78 is 2.00. The quantitative estimate of drug-likeness (QED) is 0.901. The Morgan fingerprint density at radius 2 is 2.05 bits per heavy atom. The van der Waals surface area contributed by atoms with E-state index in [1.54, 1.807) is 6.20 Å². The summed E-state index contributed by atoms with van der Waals surface area (Å²) >= 11 is 0. The number of hydrogen-bond acceptors (Lipinski definition) is 3. The zero-order valence-electron chi connectivity index (χ0n) is 12.2. The van der Waals surface area contributed by atoms with Crippen LogP contribution in [0.5, 0.6) is 0 Å². The van der Waals surface area contributed by atoms with E-state index in [2.05, 4.69) is 10.3 Å². The standard InChI is InChI=1S/C16H19N3O2/c1-11(18-15(20)16(21)7-8-16)13-3-5-14(6-4-13)19-10-9-17-12(19)2/h3-6,9-11,21H,7-8H2,1-2H3,(H,18,20). The van der Waals surface area contributed by atoms with Crippen molar-refractivity contribution in [3.05, 3.63) is 48.0 Å². The van der Waals surface area contributed by atoms with E-state index < -0.39 is 5.60 Å². The molecule has 3 rings (SSSR count). The second kappa shape index (κ2) is 5.00. The molecule has 0 spiro atoms. The van der Waals surface area contributed by atoms with Gasteiger partial charge in [-0.1, -0.05) is 12.1 Å². The van der Waals surface area contributed by atoms with Gasteiger partial charge in [-0.3, -0.25) is 4.79 Å². The van der Waals surface area contributed by atoms with Crippen LogP contribution in [0.25, 0.3) is 5.69 Å². The predicted octanol–water partition coefficient (Wildman–Crippen LogP) is 1.88. The van der Waals surface area contributed by atoms with E-state index >= 15 is 0 Å². The van der Waals surface area contributed by atoms with Crippen molar-refractivity contribution in [3.8, 4) is 5.69 Å². The average molecular weight is 285 g/mol. The molecule has 1 aromatic heterocycles. The van der Waals surface area contributed by atoms with Gasteiger partial charge in [0.2, 0.25) is 0 Å². The lowest BCUT2D eigenvalue weighted by Gasteiger charge is -2.17. The molecular weight excluding hydrogens is 266 g/mol. The fourth-order valence-corrected chi connectivity index (χ4v) is 2.33. The molecule has 5 nitrogen and oxygen atoms in total. The first-order valence-electron chi connectivity index (χ1n) is 7.13. The van der Waals surface area contributed by atoms with Gasteiger partial charge >= 0.3 is 0 Å². The van der Waals surface area contributed by atoms with Gasteiger partial charge in [0.25, 0.3) is 5.91 Å². The summed E-state index contributed by atoms with van der Waals surface area (Å²) in [7, 11) is 0. The molecule has 1 heterocycles. The first-order valence-corrected chi connectivity index (χ1v) is 7.13. The molecule has 110 valence electrons. The van der Waals surface area contributed by atoms with Crippen molar-refractivity contribution < 1.29 is 9.90 Å². The molecule has 2 N–H and O–H groups in total. The fourth-order valence-electron chi connectivity index (χ4n) is 2.33. The topological polar surface area (TPSA) is 67.2 Å². The van der Waals surface area contributed by atoms with Crippen LogP contribution in [0.4, 0.5) is 0 Å². The average Bonchev–Trinajstić information content (AvgIpc) is 3.09. The van der Waals surface area contributed by atoms with E-state index in [4.69, 9.17) is 0 Å². The van der Waals surface area contributed by atoms with Crippen LogP contribution >= 0.6 is 0 Å². The molecule has 1 aromatic carbocycles. The number of nitrogens with one attached hydrogen (secondary N) is 1. The SMILES string of the molecule is Cc1nccn1-c1ccc(C(C)NC(=O)C2(O)CC2)cc1. The molecule has 1 unspecified atom stereocenters. The van der Waals surface area contributed by atoms with Crippen molar-refractivity contribution in [2.45, 2.75) is 38.3 Å². The Hall–Kier alpha value is -2.14. The van der Waals surface area contributed by atoms with E-state index in [1.807, 2.05) is 48.9 Å². The normalized spacial score (nSPS) is 17.3. The van der Waals surface area contributed by atoms with Crippen molar-refractivity contribution in [1.29, 1.82) is 0 Å². The van der Waals surface area contributed by atoms with Crippen LogP contribution in [-0.4, -0.2) is 26.2 Å². The number of benzene rings is 1. The van der Waals surface area contributed by atoms with Gasteiger partial charge in [0, 0.05) is 18.1 Å². The largest absolute Gasteiger partial charge is 0.380 e. The van der Waals surface area contributed by atoms with Crippen LogP contribution < -0.4 is 5.32 Å². The summed E-state index contributed by atoms with van der Waals surface area (Å²) in [6, 6.07) is 7.84. The van der Waals surface area contributed by atoms with Gasteiger partial charge in [0.05, 0.1) is 6.04 Å². The Labute approximate surface area is 123 Å². The van der Waals surface area contributed by atoms with Gasteiger partial charge < -0.3 is 15.0 Å². The third-order valence-corrected chi connectivity index (χ3v) is 3.99. The molecular formula is C16H19N3O2. The third kappa shape index (κ3) is 2.69. The predicted molar refractivity (Wildman–Crippen MR) is 79.0 cm³/mol. The third-order valence-electron chi connectivity index (χ3n) is 3.99. The number of hydrogen-bond donors (Lipinski definition) is 2. The maximum absolute atomic E-state index is 11.8. The number of carbonyl (C=O) groups is 1. The van der Waals surface area contributed by atoms with Gasteiger partial charge in [-0.05, 0) is 44.4 Å². The number of amides is 1. The van der Waals surface area contributed by atoms with Gasteiger partial charge in [-0.25, -0.2) is 4.98 Å². The highest BCUT2D eigenvalue weighted by Crippen LogP contribution is 2.35. The van der Waals surface area contributed by atoms with Crippen LogP contribution in [0.15, 0.2) is 36.7 Å². The Morgan fingerprint density at radius 1 is 1.38 bits per heavy atom. The van der Waals surface area contributed by atoms with E-state index in [0.717, 1.165) is 17.1 Å². The number of imidazole rings is 1. The summed E-state index contributed by atoms with van der Waals surface area (Å²) in [4.78, 5) is 16.0. The number of carbonyl (C=O) groups excluding carboxylic acids is 1. The summed E-state index contributed by atoms with van der Waals surface area (Å²) in [5.74, 6) is 0.657. The molecule has 1 fully saturated rings. The van der Waals surface area contributed by atoms with Crippen LogP contribution in [0.2, 0.25) is 0 Å². The molecule has 0 bridgehead atoms. The highest BCUT2D eigenvalue weighted by molar-refractivity contribution is 5.88. The number of aromatic nitrogens is 2.